The van der Waals surface area contributed by atoms with E-state index in [4.69, 9.17) is 5.73 Å². The number of rotatable bonds is 3. The Morgan fingerprint density at radius 3 is 2.62 bits per heavy atom. The molecule has 2 N–H and O–H groups in total. The standard InChI is InChI=1S/C12H17BrN2O/c1-12(2,14)8-11(16)15(3)10-6-4-5-9(13)7-10/h4-7H,8,14H2,1-3H3. The smallest absolute Gasteiger partial charge is 0.228 e. The van der Waals surface area contributed by atoms with Crippen molar-refractivity contribution in [3.63, 3.8) is 0 Å². The molecule has 0 fully saturated rings. The molecular formula is C12H17BrN2O. The summed E-state index contributed by atoms with van der Waals surface area (Å²) in [5.74, 6) is 0.0191. The van der Waals surface area contributed by atoms with Crippen LogP contribution in [0.1, 0.15) is 20.3 Å². The Kier molecular flexibility index (Phi) is 4.10. The summed E-state index contributed by atoms with van der Waals surface area (Å²) in [6, 6.07) is 7.62. The van der Waals surface area contributed by atoms with Crippen molar-refractivity contribution in [2.75, 3.05) is 11.9 Å². The molecule has 0 aromatic heterocycles. The first kappa shape index (κ1) is 13.2. The SMILES string of the molecule is CN(C(=O)CC(C)(C)N)c1cccc(Br)c1. The number of nitrogens with two attached hydrogens (primary N) is 1. The van der Waals surface area contributed by atoms with Crippen molar-refractivity contribution in [1.29, 1.82) is 0 Å². The number of hydrogen-bond donors (Lipinski definition) is 1. The Bertz CT molecular complexity index is 385. The van der Waals surface area contributed by atoms with Gasteiger partial charge in [0.05, 0.1) is 0 Å². The quantitative estimate of drug-likeness (QED) is 0.927. The van der Waals surface area contributed by atoms with Crippen molar-refractivity contribution in [1.82, 2.24) is 0 Å². The minimum absolute atomic E-state index is 0.0191. The fourth-order valence-corrected chi connectivity index (χ4v) is 1.72. The summed E-state index contributed by atoms with van der Waals surface area (Å²) in [6.45, 7) is 3.69. The molecule has 0 aliphatic rings. The molecule has 0 saturated heterocycles. The zero-order valence-electron chi connectivity index (χ0n) is 9.83. The lowest BCUT2D eigenvalue weighted by atomic mass is 10.0. The third-order valence-electron chi connectivity index (χ3n) is 2.18. The second kappa shape index (κ2) is 4.97. The molecule has 88 valence electrons. The van der Waals surface area contributed by atoms with Crippen molar-refractivity contribution >= 4 is 27.5 Å². The van der Waals surface area contributed by atoms with E-state index in [2.05, 4.69) is 15.9 Å². The first-order valence-electron chi connectivity index (χ1n) is 5.10. The van der Waals surface area contributed by atoms with E-state index in [1.165, 1.54) is 0 Å². The van der Waals surface area contributed by atoms with Crippen LogP contribution in [-0.4, -0.2) is 18.5 Å². The van der Waals surface area contributed by atoms with E-state index in [9.17, 15) is 4.79 Å². The minimum atomic E-state index is -0.475. The van der Waals surface area contributed by atoms with Crippen LogP contribution in [0, 0.1) is 0 Å². The molecule has 0 radical (unpaired) electrons. The van der Waals surface area contributed by atoms with Gasteiger partial charge in [0.15, 0.2) is 0 Å². The largest absolute Gasteiger partial charge is 0.325 e. The molecular weight excluding hydrogens is 268 g/mol. The second-order valence-corrected chi connectivity index (χ2v) is 5.51. The Morgan fingerprint density at radius 2 is 2.12 bits per heavy atom. The topological polar surface area (TPSA) is 46.3 Å². The monoisotopic (exact) mass is 284 g/mol. The van der Waals surface area contributed by atoms with Crippen LogP contribution in [-0.2, 0) is 4.79 Å². The Morgan fingerprint density at radius 1 is 1.50 bits per heavy atom. The number of amides is 1. The van der Waals surface area contributed by atoms with E-state index in [1.807, 2.05) is 38.1 Å². The Labute approximate surface area is 105 Å². The molecule has 16 heavy (non-hydrogen) atoms. The molecule has 1 aromatic carbocycles. The first-order valence-corrected chi connectivity index (χ1v) is 5.90. The number of anilines is 1. The fraction of sp³-hybridized carbons (Fsp3) is 0.417. The summed E-state index contributed by atoms with van der Waals surface area (Å²) in [6.07, 6.45) is 0.329. The van der Waals surface area contributed by atoms with Gasteiger partial charge in [-0.3, -0.25) is 4.79 Å². The highest BCUT2D eigenvalue weighted by molar-refractivity contribution is 9.10. The van der Waals surface area contributed by atoms with Crippen LogP contribution in [0.25, 0.3) is 0 Å². The normalized spacial score (nSPS) is 11.3. The zero-order valence-corrected chi connectivity index (χ0v) is 11.4. The molecule has 0 saturated carbocycles. The van der Waals surface area contributed by atoms with E-state index in [0.29, 0.717) is 6.42 Å². The Hall–Kier alpha value is -0.870. The second-order valence-electron chi connectivity index (χ2n) is 4.60. The van der Waals surface area contributed by atoms with Gasteiger partial charge in [0.2, 0.25) is 5.91 Å². The molecule has 1 aromatic rings. The van der Waals surface area contributed by atoms with E-state index in [0.717, 1.165) is 10.2 Å². The summed E-state index contributed by atoms with van der Waals surface area (Å²) >= 11 is 3.38. The van der Waals surface area contributed by atoms with Crippen LogP contribution in [0.3, 0.4) is 0 Å². The molecule has 0 atom stereocenters. The lowest BCUT2D eigenvalue weighted by molar-refractivity contribution is -0.119. The van der Waals surface area contributed by atoms with Crippen LogP contribution < -0.4 is 10.6 Å². The molecule has 0 unspecified atom stereocenters. The van der Waals surface area contributed by atoms with Crippen molar-refractivity contribution in [2.24, 2.45) is 5.73 Å². The maximum Gasteiger partial charge on any atom is 0.228 e. The van der Waals surface area contributed by atoms with Gasteiger partial charge < -0.3 is 10.6 Å². The van der Waals surface area contributed by atoms with Gasteiger partial charge in [0.25, 0.3) is 0 Å². The Balaban J connectivity index is 2.78. The third-order valence-corrected chi connectivity index (χ3v) is 2.67. The number of carbonyl (C=O) groups excluding carboxylic acids is 1. The van der Waals surface area contributed by atoms with E-state index >= 15 is 0 Å². The van der Waals surface area contributed by atoms with Crippen LogP contribution in [0.15, 0.2) is 28.7 Å². The van der Waals surface area contributed by atoms with Crippen molar-refractivity contribution in [3.8, 4) is 0 Å². The van der Waals surface area contributed by atoms with Crippen LogP contribution in [0.4, 0.5) is 5.69 Å². The van der Waals surface area contributed by atoms with Gasteiger partial charge in [0, 0.05) is 29.2 Å². The molecule has 0 bridgehead atoms. The lowest BCUT2D eigenvalue weighted by Gasteiger charge is -2.23. The minimum Gasteiger partial charge on any atom is -0.325 e. The summed E-state index contributed by atoms with van der Waals surface area (Å²) in [7, 11) is 1.76. The van der Waals surface area contributed by atoms with Gasteiger partial charge >= 0.3 is 0 Å². The average molecular weight is 285 g/mol. The predicted molar refractivity (Wildman–Crippen MR) is 70.4 cm³/mol. The van der Waals surface area contributed by atoms with E-state index in [-0.39, 0.29) is 5.91 Å². The first-order chi connectivity index (χ1) is 7.29. The maximum atomic E-state index is 11.9. The highest BCUT2D eigenvalue weighted by Crippen LogP contribution is 2.20. The molecule has 0 aliphatic carbocycles. The summed E-state index contributed by atoms with van der Waals surface area (Å²) in [5.41, 5.74) is 6.22. The van der Waals surface area contributed by atoms with E-state index < -0.39 is 5.54 Å². The number of hydrogen-bond acceptors (Lipinski definition) is 2. The zero-order chi connectivity index (χ0) is 12.3. The van der Waals surface area contributed by atoms with Crippen LogP contribution in [0.5, 0.6) is 0 Å². The summed E-state index contributed by atoms with van der Waals surface area (Å²) in [4.78, 5) is 13.5. The van der Waals surface area contributed by atoms with Gasteiger partial charge in [-0.1, -0.05) is 22.0 Å². The van der Waals surface area contributed by atoms with Gasteiger partial charge in [-0.2, -0.15) is 0 Å². The molecule has 0 spiro atoms. The van der Waals surface area contributed by atoms with Crippen molar-refractivity contribution in [2.45, 2.75) is 25.8 Å². The molecule has 4 heteroatoms. The summed E-state index contributed by atoms with van der Waals surface area (Å²) in [5, 5.41) is 0. The maximum absolute atomic E-state index is 11.9. The molecule has 0 heterocycles. The van der Waals surface area contributed by atoms with Crippen LogP contribution >= 0.6 is 15.9 Å². The number of benzene rings is 1. The number of carbonyl (C=O) groups is 1. The molecule has 3 nitrogen and oxygen atoms in total. The van der Waals surface area contributed by atoms with Gasteiger partial charge in [-0.15, -0.1) is 0 Å². The van der Waals surface area contributed by atoms with Gasteiger partial charge in [-0.25, -0.2) is 0 Å². The van der Waals surface area contributed by atoms with Crippen molar-refractivity contribution in [3.05, 3.63) is 28.7 Å². The van der Waals surface area contributed by atoms with E-state index in [1.54, 1.807) is 11.9 Å². The highest BCUT2D eigenvalue weighted by Gasteiger charge is 2.20. The summed E-state index contributed by atoms with van der Waals surface area (Å²) < 4.78 is 0.955. The van der Waals surface area contributed by atoms with Crippen molar-refractivity contribution < 1.29 is 4.79 Å². The highest BCUT2D eigenvalue weighted by atomic mass is 79.9. The number of halogens is 1. The van der Waals surface area contributed by atoms with Crippen LogP contribution in [0.2, 0.25) is 0 Å². The van der Waals surface area contributed by atoms with Gasteiger partial charge in [-0.05, 0) is 32.0 Å². The predicted octanol–water partition coefficient (Wildman–Crippen LogP) is 2.54. The fourth-order valence-electron chi connectivity index (χ4n) is 1.34. The number of nitrogens with zero attached hydrogens (tertiary/aromatic N) is 1. The lowest BCUT2D eigenvalue weighted by Crippen LogP contribution is -2.39. The molecule has 1 rings (SSSR count). The average Bonchev–Trinajstić information content (AvgIpc) is 2.14. The molecule has 0 aliphatic heterocycles. The van der Waals surface area contributed by atoms with Gasteiger partial charge in [0.1, 0.15) is 0 Å². The third kappa shape index (κ3) is 3.94. The molecule has 1 amide bonds.